The second kappa shape index (κ2) is 6.20. The molecule has 3 rings (SSSR count). The van der Waals surface area contributed by atoms with Crippen LogP contribution in [0.5, 0.6) is 0 Å². The van der Waals surface area contributed by atoms with Crippen LogP contribution in [0.3, 0.4) is 0 Å². The van der Waals surface area contributed by atoms with Crippen LogP contribution in [-0.2, 0) is 11.3 Å². The molecule has 1 amide bonds. The van der Waals surface area contributed by atoms with E-state index in [1.807, 2.05) is 55.7 Å². The summed E-state index contributed by atoms with van der Waals surface area (Å²) in [6.07, 6.45) is 0. The van der Waals surface area contributed by atoms with Gasteiger partial charge in [0.2, 0.25) is 5.91 Å². The highest BCUT2D eigenvalue weighted by Gasteiger charge is 2.12. The number of nitrogens with zero attached hydrogens (tertiary/aromatic N) is 1. The normalized spacial score (nSPS) is 11.0. The molecule has 0 radical (unpaired) electrons. The third kappa shape index (κ3) is 3.17. The monoisotopic (exact) mass is 370 g/mol. The Labute approximate surface area is 144 Å². The summed E-state index contributed by atoms with van der Waals surface area (Å²) in [6, 6.07) is 14.3. The van der Waals surface area contributed by atoms with Crippen LogP contribution in [0.1, 0.15) is 16.8 Å². The third-order valence-corrected chi connectivity index (χ3v) is 4.54. The fourth-order valence-corrected chi connectivity index (χ4v) is 3.68. The number of rotatable bonds is 3. The average molecular weight is 371 g/mol. The van der Waals surface area contributed by atoms with E-state index in [4.69, 9.17) is 0 Å². The summed E-state index contributed by atoms with van der Waals surface area (Å²) < 4.78 is 3.08. The number of amides is 1. The zero-order valence-corrected chi connectivity index (χ0v) is 15.1. The van der Waals surface area contributed by atoms with Crippen molar-refractivity contribution in [1.82, 2.24) is 4.57 Å². The number of aryl methyl sites for hydroxylation is 3. The van der Waals surface area contributed by atoms with Gasteiger partial charge in [-0.3, -0.25) is 4.79 Å². The number of halogens is 1. The number of carbonyl (C=O) groups excluding carboxylic acids is 1. The first-order valence-electron chi connectivity index (χ1n) is 7.57. The lowest BCUT2D eigenvalue weighted by Gasteiger charge is -2.14. The number of benzene rings is 2. The predicted octanol–water partition coefficient (Wildman–Crippen LogP) is 4.97. The van der Waals surface area contributed by atoms with Gasteiger partial charge in [-0.15, -0.1) is 0 Å². The van der Waals surface area contributed by atoms with Gasteiger partial charge in [0, 0.05) is 21.4 Å². The van der Waals surface area contributed by atoms with Crippen molar-refractivity contribution in [1.29, 1.82) is 0 Å². The smallest absolute Gasteiger partial charge is 0.244 e. The predicted molar refractivity (Wildman–Crippen MR) is 98.9 cm³/mol. The van der Waals surface area contributed by atoms with E-state index in [1.54, 1.807) is 0 Å². The van der Waals surface area contributed by atoms with Crippen molar-refractivity contribution in [3.8, 4) is 0 Å². The van der Waals surface area contributed by atoms with Gasteiger partial charge in [0.15, 0.2) is 0 Å². The summed E-state index contributed by atoms with van der Waals surface area (Å²) in [7, 11) is 0. The van der Waals surface area contributed by atoms with Gasteiger partial charge in [0.1, 0.15) is 6.54 Å². The maximum absolute atomic E-state index is 12.5. The van der Waals surface area contributed by atoms with Gasteiger partial charge in [-0.1, -0.05) is 34.1 Å². The van der Waals surface area contributed by atoms with Gasteiger partial charge in [0.05, 0.1) is 0 Å². The van der Waals surface area contributed by atoms with Crippen molar-refractivity contribution < 1.29 is 4.79 Å². The summed E-state index contributed by atoms with van der Waals surface area (Å²) in [5, 5.41) is 4.22. The van der Waals surface area contributed by atoms with E-state index in [9.17, 15) is 4.79 Å². The van der Waals surface area contributed by atoms with E-state index in [0.29, 0.717) is 6.54 Å². The fraction of sp³-hybridized carbons (Fsp3) is 0.211. The SMILES string of the molecule is Cc1cc(Br)cc(C)c1NC(=O)Cn1c(C)cc2ccccc21. The van der Waals surface area contributed by atoms with Crippen LogP contribution in [0.25, 0.3) is 10.9 Å². The quantitative estimate of drug-likeness (QED) is 0.693. The van der Waals surface area contributed by atoms with Crippen molar-refractivity contribution in [3.63, 3.8) is 0 Å². The molecule has 1 heterocycles. The molecule has 0 aliphatic carbocycles. The molecule has 2 aromatic carbocycles. The summed E-state index contributed by atoms with van der Waals surface area (Å²) >= 11 is 3.48. The molecule has 3 aromatic rings. The number of para-hydroxylation sites is 1. The maximum atomic E-state index is 12.5. The first-order valence-corrected chi connectivity index (χ1v) is 8.36. The van der Waals surface area contributed by atoms with Gasteiger partial charge >= 0.3 is 0 Å². The Morgan fingerprint density at radius 3 is 2.43 bits per heavy atom. The third-order valence-electron chi connectivity index (χ3n) is 4.08. The molecule has 0 bridgehead atoms. The maximum Gasteiger partial charge on any atom is 0.244 e. The number of aromatic nitrogens is 1. The lowest BCUT2D eigenvalue weighted by atomic mass is 10.1. The molecular weight excluding hydrogens is 352 g/mol. The Kier molecular flexibility index (Phi) is 4.26. The molecular formula is C19H19BrN2O. The molecule has 0 spiro atoms. The lowest BCUT2D eigenvalue weighted by Crippen LogP contribution is -2.20. The average Bonchev–Trinajstić information content (AvgIpc) is 2.79. The lowest BCUT2D eigenvalue weighted by molar-refractivity contribution is -0.116. The van der Waals surface area contributed by atoms with Crippen molar-refractivity contribution >= 4 is 38.4 Å². The molecule has 0 saturated heterocycles. The van der Waals surface area contributed by atoms with Crippen LogP contribution in [0, 0.1) is 20.8 Å². The van der Waals surface area contributed by atoms with Gasteiger partial charge in [-0.2, -0.15) is 0 Å². The number of carbonyl (C=O) groups is 1. The highest BCUT2D eigenvalue weighted by molar-refractivity contribution is 9.10. The minimum absolute atomic E-state index is 0.0111. The number of hydrogen-bond donors (Lipinski definition) is 1. The van der Waals surface area contributed by atoms with E-state index < -0.39 is 0 Å². The van der Waals surface area contributed by atoms with Gasteiger partial charge in [0.25, 0.3) is 0 Å². The van der Waals surface area contributed by atoms with Crippen molar-refractivity contribution in [2.45, 2.75) is 27.3 Å². The van der Waals surface area contributed by atoms with Crippen LogP contribution in [0.2, 0.25) is 0 Å². The van der Waals surface area contributed by atoms with Gasteiger partial charge in [-0.25, -0.2) is 0 Å². The molecule has 0 atom stereocenters. The van der Waals surface area contributed by atoms with Crippen molar-refractivity contribution in [2.24, 2.45) is 0 Å². The molecule has 1 aromatic heterocycles. The number of nitrogens with one attached hydrogen (secondary N) is 1. The molecule has 118 valence electrons. The molecule has 3 nitrogen and oxygen atoms in total. The summed E-state index contributed by atoms with van der Waals surface area (Å²) in [5.74, 6) is -0.0111. The highest BCUT2D eigenvalue weighted by Crippen LogP contribution is 2.25. The van der Waals surface area contributed by atoms with E-state index in [0.717, 1.165) is 37.9 Å². The molecule has 0 unspecified atom stereocenters. The minimum atomic E-state index is -0.0111. The van der Waals surface area contributed by atoms with E-state index in [-0.39, 0.29) is 5.91 Å². The Bertz CT molecular complexity index is 873. The standard InChI is InChI=1S/C19H19BrN2O/c1-12-8-16(20)9-13(2)19(12)21-18(23)11-22-14(3)10-15-6-4-5-7-17(15)22/h4-10H,11H2,1-3H3,(H,21,23). The van der Waals surface area contributed by atoms with Crippen LogP contribution in [0.15, 0.2) is 46.9 Å². The first kappa shape index (κ1) is 15.8. The number of hydrogen-bond acceptors (Lipinski definition) is 1. The van der Waals surface area contributed by atoms with Gasteiger partial charge in [-0.05, 0) is 61.5 Å². The highest BCUT2D eigenvalue weighted by atomic mass is 79.9. The number of fused-ring (bicyclic) bond motifs is 1. The molecule has 1 N–H and O–H groups in total. The summed E-state index contributed by atoms with van der Waals surface area (Å²) in [5.41, 5.74) is 5.18. The number of anilines is 1. The van der Waals surface area contributed by atoms with E-state index in [1.165, 1.54) is 0 Å². The topological polar surface area (TPSA) is 34.0 Å². The van der Waals surface area contributed by atoms with Crippen LogP contribution >= 0.6 is 15.9 Å². The van der Waals surface area contributed by atoms with Crippen molar-refractivity contribution in [3.05, 3.63) is 63.8 Å². The first-order chi connectivity index (χ1) is 11.0. The van der Waals surface area contributed by atoms with E-state index in [2.05, 4.69) is 33.4 Å². The zero-order valence-electron chi connectivity index (χ0n) is 13.5. The second-order valence-electron chi connectivity index (χ2n) is 5.89. The fourth-order valence-electron chi connectivity index (χ4n) is 2.99. The molecule has 0 fully saturated rings. The summed E-state index contributed by atoms with van der Waals surface area (Å²) in [6.45, 7) is 6.35. The van der Waals surface area contributed by atoms with Crippen molar-refractivity contribution in [2.75, 3.05) is 5.32 Å². The molecule has 0 aliphatic heterocycles. The molecule has 0 aliphatic rings. The van der Waals surface area contributed by atoms with E-state index >= 15 is 0 Å². The van der Waals surface area contributed by atoms with Crippen LogP contribution < -0.4 is 5.32 Å². The largest absolute Gasteiger partial charge is 0.335 e. The van der Waals surface area contributed by atoms with Gasteiger partial charge < -0.3 is 9.88 Å². The molecule has 23 heavy (non-hydrogen) atoms. The van der Waals surface area contributed by atoms with Crippen LogP contribution in [-0.4, -0.2) is 10.5 Å². The Hall–Kier alpha value is -2.07. The minimum Gasteiger partial charge on any atom is -0.335 e. The Balaban J connectivity index is 1.86. The zero-order chi connectivity index (χ0) is 16.6. The Morgan fingerprint density at radius 1 is 1.09 bits per heavy atom. The second-order valence-corrected chi connectivity index (χ2v) is 6.81. The molecule has 0 saturated carbocycles. The molecule has 4 heteroatoms. The summed E-state index contributed by atoms with van der Waals surface area (Å²) in [4.78, 5) is 12.5. The van der Waals surface area contributed by atoms with Crippen LogP contribution in [0.4, 0.5) is 5.69 Å². The Morgan fingerprint density at radius 2 is 1.74 bits per heavy atom.